The number of aromatic nitrogens is 3. The van der Waals surface area contributed by atoms with Crippen molar-refractivity contribution in [2.45, 2.75) is 19.9 Å². The van der Waals surface area contributed by atoms with Crippen LogP contribution in [0.5, 0.6) is 11.5 Å². The van der Waals surface area contributed by atoms with E-state index in [1.54, 1.807) is 43.3 Å². The van der Waals surface area contributed by atoms with Gasteiger partial charge in [-0.25, -0.2) is 9.97 Å². The Labute approximate surface area is 237 Å². The number of ether oxygens (including phenoxy) is 2. The van der Waals surface area contributed by atoms with E-state index in [4.69, 9.17) is 21.1 Å². The first kappa shape index (κ1) is 25.8. The highest BCUT2D eigenvalue weighted by atomic mass is 35.5. The first-order valence-corrected chi connectivity index (χ1v) is 13.5. The number of benzene rings is 2. The molecule has 6 rings (SSSR count). The second-order valence-corrected chi connectivity index (χ2v) is 10.8. The van der Waals surface area contributed by atoms with E-state index in [0.717, 1.165) is 10.3 Å². The molecule has 1 fully saturated rings. The molecule has 1 aliphatic heterocycles. The van der Waals surface area contributed by atoms with E-state index in [0.29, 0.717) is 44.1 Å². The van der Waals surface area contributed by atoms with Gasteiger partial charge in [-0.1, -0.05) is 35.1 Å². The Bertz CT molecular complexity index is 1890. The van der Waals surface area contributed by atoms with Gasteiger partial charge in [-0.15, -0.1) is 0 Å². The van der Waals surface area contributed by atoms with E-state index in [1.807, 2.05) is 29.7 Å². The summed E-state index contributed by atoms with van der Waals surface area (Å²) in [5, 5.41) is 12.5. The third kappa shape index (κ3) is 3.90. The lowest BCUT2D eigenvalue weighted by molar-refractivity contribution is -0.132. The first-order chi connectivity index (χ1) is 19.2. The van der Waals surface area contributed by atoms with Crippen molar-refractivity contribution in [2.24, 2.45) is 0 Å². The molecule has 1 N–H and O–H groups in total. The molecule has 9 nitrogen and oxygen atoms in total. The number of carbonyl (C=O) groups is 2. The number of aryl methyl sites for hydroxylation is 2. The number of Topliss-reactive ketones (excluding diaryl/α,β-unsaturated/α-hetero) is 1. The molecule has 4 heterocycles. The van der Waals surface area contributed by atoms with Gasteiger partial charge in [-0.2, -0.15) is 0 Å². The molecule has 202 valence electrons. The number of ketones is 1. The second kappa shape index (κ2) is 9.65. The molecule has 5 aromatic rings. The maximum absolute atomic E-state index is 13.7. The number of aliphatic hydroxyl groups is 1. The second-order valence-electron chi connectivity index (χ2n) is 9.32. The van der Waals surface area contributed by atoms with Crippen molar-refractivity contribution in [3.05, 3.63) is 87.8 Å². The third-order valence-electron chi connectivity index (χ3n) is 7.02. The van der Waals surface area contributed by atoms with Crippen LogP contribution in [0.4, 0.5) is 5.13 Å². The Morgan fingerprint density at radius 2 is 1.80 bits per heavy atom. The van der Waals surface area contributed by atoms with Crippen molar-refractivity contribution >= 4 is 61.4 Å². The molecule has 11 heteroatoms. The van der Waals surface area contributed by atoms with Gasteiger partial charge in [0.1, 0.15) is 11.3 Å². The molecule has 0 spiro atoms. The smallest absolute Gasteiger partial charge is 0.301 e. The Morgan fingerprint density at radius 3 is 2.52 bits per heavy atom. The minimum Gasteiger partial charge on any atom is -0.505 e. The molecule has 3 aromatic heterocycles. The number of nitrogens with zero attached hydrogens (tertiary/aromatic N) is 4. The normalized spacial score (nSPS) is 16.8. The van der Waals surface area contributed by atoms with Gasteiger partial charge in [0.25, 0.3) is 5.78 Å². The highest BCUT2D eigenvalue weighted by Crippen LogP contribution is 2.46. The topological polar surface area (TPSA) is 106 Å². The van der Waals surface area contributed by atoms with Gasteiger partial charge < -0.3 is 19.0 Å². The summed E-state index contributed by atoms with van der Waals surface area (Å²) in [6.45, 7) is 3.71. The number of methoxy groups -OCH3 is 2. The molecule has 40 heavy (non-hydrogen) atoms. The number of rotatable bonds is 5. The number of imidazole rings is 1. The molecular weight excluding hydrogens is 552 g/mol. The molecular formula is C29H23ClN4O5S. The van der Waals surface area contributed by atoms with Crippen LogP contribution in [0.2, 0.25) is 5.02 Å². The molecule has 1 amide bonds. The number of aliphatic hydroxyl groups excluding tert-OH is 1. The molecule has 1 saturated heterocycles. The molecule has 2 aromatic carbocycles. The molecule has 0 bridgehead atoms. The number of halogens is 1. The Balaban J connectivity index is 1.61. The number of pyridine rings is 1. The fraction of sp³-hybridized carbons (Fsp3) is 0.172. The quantitative estimate of drug-likeness (QED) is 0.159. The zero-order valence-corrected chi connectivity index (χ0v) is 23.5. The van der Waals surface area contributed by atoms with Gasteiger partial charge in [0.2, 0.25) is 0 Å². The van der Waals surface area contributed by atoms with E-state index in [-0.39, 0.29) is 17.0 Å². The van der Waals surface area contributed by atoms with Crippen molar-refractivity contribution < 1.29 is 24.2 Å². The number of fused-ring (bicyclic) bond motifs is 2. The van der Waals surface area contributed by atoms with Crippen LogP contribution in [0.25, 0.3) is 21.6 Å². The summed E-state index contributed by atoms with van der Waals surface area (Å²) >= 11 is 7.41. The summed E-state index contributed by atoms with van der Waals surface area (Å²) < 4.78 is 13.5. The van der Waals surface area contributed by atoms with Crippen LogP contribution in [-0.4, -0.2) is 45.4 Å². The number of amides is 1. The molecule has 0 radical (unpaired) electrons. The molecule has 1 atom stereocenters. The summed E-state index contributed by atoms with van der Waals surface area (Å²) in [6.07, 6.45) is 1.83. The molecule has 1 aliphatic rings. The number of hydrogen-bond acceptors (Lipinski definition) is 8. The van der Waals surface area contributed by atoms with Crippen molar-refractivity contribution in [1.29, 1.82) is 0 Å². The minimum atomic E-state index is -1.01. The van der Waals surface area contributed by atoms with E-state index in [2.05, 4.69) is 9.97 Å². The first-order valence-electron chi connectivity index (χ1n) is 12.3. The summed E-state index contributed by atoms with van der Waals surface area (Å²) in [7, 11) is 3.02. The van der Waals surface area contributed by atoms with Crippen LogP contribution in [0.1, 0.15) is 28.6 Å². The monoisotopic (exact) mass is 574 g/mol. The third-order valence-corrected chi connectivity index (χ3v) is 8.27. The van der Waals surface area contributed by atoms with Crippen LogP contribution < -0.4 is 14.4 Å². The van der Waals surface area contributed by atoms with Gasteiger partial charge in [0.05, 0.1) is 41.7 Å². The van der Waals surface area contributed by atoms with E-state index < -0.39 is 17.7 Å². The maximum atomic E-state index is 13.7. The minimum absolute atomic E-state index is 0.0985. The summed E-state index contributed by atoms with van der Waals surface area (Å²) in [5.74, 6) is -1.15. The van der Waals surface area contributed by atoms with Crippen molar-refractivity contribution in [2.75, 3.05) is 19.1 Å². The predicted octanol–water partition coefficient (Wildman–Crippen LogP) is 5.86. The van der Waals surface area contributed by atoms with Crippen LogP contribution in [0.15, 0.2) is 60.3 Å². The number of thiazole rings is 1. The Kier molecular flexibility index (Phi) is 6.24. The molecule has 0 aliphatic carbocycles. The lowest BCUT2D eigenvalue weighted by atomic mass is 9.96. The highest BCUT2D eigenvalue weighted by molar-refractivity contribution is 7.22. The Morgan fingerprint density at radius 1 is 1.02 bits per heavy atom. The van der Waals surface area contributed by atoms with Crippen molar-refractivity contribution in [3.63, 3.8) is 0 Å². The number of hydrogen-bond donors (Lipinski definition) is 1. The van der Waals surface area contributed by atoms with Gasteiger partial charge in [0.15, 0.2) is 22.4 Å². The summed E-state index contributed by atoms with van der Waals surface area (Å²) in [5.41, 5.74) is 3.43. The van der Waals surface area contributed by atoms with Crippen molar-refractivity contribution in [3.8, 4) is 11.5 Å². The summed E-state index contributed by atoms with van der Waals surface area (Å²) in [4.78, 5) is 37.9. The Hall–Kier alpha value is -4.41. The fourth-order valence-corrected chi connectivity index (χ4v) is 6.30. The molecule has 0 saturated carbocycles. The average molecular weight is 575 g/mol. The van der Waals surface area contributed by atoms with E-state index in [1.165, 1.54) is 30.5 Å². The number of carbonyl (C=O) groups excluding carboxylic acids is 2. The average Bonchev–Trinajstić information content (AvgIpc) is 3.60. The van der Waals surface area contributed by atoms with E-state index in [9.17, 15) is 14.7 Å². The van der Waals surface area contributed by atoms with E-state index >= 15 is 0 Å². The molecule has 1 unspecified atom stereocenters. The SMILES string of the molecule is COc1ccc(C2/C(=C(\O)c3nc4c(C)cccn4c3C)C(=O)C(=O)N2c2nc3ccc(Cl)cc3s2)cc1OC. The lowest BCUT2D eigenvalue weighted by Gasteiger charge is -2.23. The van der Waals surface area contributed by atoms with Crippen molar-refractivity contribution in [1.82, 2.24) is 14.4 Å². The summed E-state index contributed by atoms with van der Waals surface area (Å²) in [6, 6.07) is 13.1. The van der Waals surface area contributed by atoms with Crippen LogP contribution in [-0.2, 0) is 9.59 Å². The van der Waals surface area contributed by atoms with Crippen LogP contribution in [0, 0.1) is 13.8 Å². The van der Waals surface area contributed by atoms with Gasteiger partial charge >= 0.3 is 5.91 Å². The highest BCUT2D eigenvalue weighted by Gasteiger charge is 2.49. The van der Waals surface area contributed by atoms with Gasteiger partial charge in [-0.3, -0.25) is 14.5 Å². The number of anilines is 1. The largest absolute Gasteiger partial charge is 0.505 e. The van der Waals surface area contributed by atoms with Crippen LogP contribution >= 0.6 is 22.9 Å². The maximum Gasteiger partial charge on any atom is 0.301 e. The standard InChI is InChI=1S/C29H23ClN4O5S/c1-14-6-5-11-33-15(2)23(32-27(14)33)25(35)22-24(16-7-10-19(38-3)20(12-16)39-4)34(28(37)26(22)36)29-31-18-9-8-17(30)13-21(18)40-29/h5-13,24,35H,1-4H3/b25-22+. The zero-order chi connectivity index (χ0) is 28.3. The predicted molar refractivity (Wildman–Crippen MR) is 154 cm³/mol. The van der Waals surface area contributed by atoms with Gasteiger partial charge in [-0.05, 0) is 61.4 Å². The fourth-order valence-electron chi connectivity index (χ4n) is 5.03. The van der Waals surface area contributed by atoms with Crippen LogP contribution in [0.3, 0.4) is 0 Å². The lowest BCUT2D eigenvalue weighted by Crippen LogP contribution is -2.29. The van der Waals surface area contributed by atoms with Gasteiger partial charge in [0, 0.05) is 11.2 Å². The zero-order valence-electron chi connectivity index (χ0n) is 21.9.